The van der Waals surface area contributed by atoms with Crippen LogP contribution >= 0.6 is 34.8 Å². The van der Waals surface area contributed by atoms with E-state index in [9.17, 15) is 8.42 Å². The van der Waals surface area contributed by atoms with Gasteiger partial charge in [-0.05, 0) is 29.8 Å². The molecule has 4 nitrogen and oxygen atoms in total. The third kappa shape index (κ3) is 3.81. The Labute approximate surface area is 137 Å². The van der Waals surface area contributed by atoms with Crippen molar-refractivity contribution >= 4 is 50.5 Å². The number of hydrogen-bond acceptors (Lipinski definition) is 3. The summed E-state index contributed by atoms with van der Waals surface area (Å²) < 4.78 is 26.9. The zero-order valence-electron chi connectivity index (χ0n) is 10.6. The Kier molecular flexibility index (Phi) is 5.01. The van der Waals surface area contributed by atoms with E-state index in [1.54, 1.807) is 24.3 Å². The van der Waals surface area contributed by atoms with Crippen molar-refractivity contribution in [3.05, 3.63) is 57.0 Å². The van der Waals surface area contributed by atoms with E-state index in [-0.39, 0.29) is 27.2 Å². The quantitative estimate of drug-likeness (QED) is 0.811. The van der Waals surface area contributed by atoms with Gasteiger partial charge >= 0.3 is 0 Å². The lowest BCUT2D eigenvalue weighted by Crippen LogP contribution is -2.23. The van der Waals surface area contributed by atoms with E-state index < -0.39 is 10.0 Å². The van der Waals surface area contributed by atoms with Crippen molar-refractivity contribution in [1.29, 1.82) is 0 Å². The lowest BCUT2D eigenvalue weighted by Gasteiger charge is -2.10. The first-order valence-corrected chi connectivity index (χ1v) is 8.40. The fourth-order valence-corrected chi connectivity index (χ4v) is 3.52. The average Bonchev–Trinajstić information content (AvgIpc) is 2.44. The molecule has 0 radical (unpaired) electrons. The highest BCUT2D eigenvalue weighted by atomic mass is 35.5. The van der Waals surface area contributed by atoms with Crippen LogP contribution in [0.15, 0.2) is 41.3 Å². The standard InChI is InChI=1S/C13H11Cl3N2O2S/c14-9-3-1-8(2-4-9)7-18-21(19,20)11-6-5-10(15)13(17)12(11)16/h1-6,18H,7,17H2. The van der Waals surface area contributed by atoms with Crippen LogP contribution in [0.1, 0.15) is 5.56 Å². The molecule has 2 aromatic carbocycles. The number of anilines is 1. The van der Waals surface area contributed by atoms with Gasteiger partial charge in [-0.25, -0.2) is 13.1 Å². The maximum absolute atomic E-state index is 12.2. The SMILES string of the molecule is Nc1c(Cl)ccc(S(=O)(=O)NCc2ccc(Cl)cc2)c1Cl. The first kappa shape index (κ1) is 16.4. The number of sulfonamides is 1. The lowest BCUT2D eigenvalue weighted by atomic mass is 10.2. The molecule has 112 valence electrons. The van der Waals surface area contributed by atoms with Crippen LogP contribution in [-0.2, 0) is 16.6 Å². The Morgan fingerprint density at radius 1 is 1.00 bits per heavy atom. The molecule has 0 aliphatic heterocycles. The van der Waals surface area contributed by atoms with Crippen LogP contribution in [0.5, 0.6) is 0 Å². The zero-order valence-corrected chi connectivity index (χ0v) is 13.7. The van der Waals surface area contributed by atoms with Gasteiger partial charge in [0.1, 0.15) is 4.90 Å². The van der Waals surface area contributed by atoms with Crippen molar-refractivity contribution in [2.45, 2.75) is 11.4 Å². The topological polar surface area (TPSA) is 72.2 Å². The van der Waals surface area contributed by atoms with Crippen LogP contribution in [0.3, 0.4) is 0 Å². The molecule has 0 aliphatic rings. The zero-order chi connectivity index (χ0) is 15.6. The molecule has 0 bridgehead atoms. The Bertz CT molecular complexity index is 762. The molecule has 2 aromatic rings. The number of rotatable bonds is 4. The summed E-state index contributed by atoms with van der Waals surface area (Å²) in [7, 11) is -3.79. The molecule has 0 aromatic heterocycles. The number of nitrogen functional groups attached to an aromatic ring is 1. The summed E-state index contributed by atoms with van der Waals surface area (Å²) in [5.74, 6) is 0. The number of nitrogens with one attached hydrogen (secondary N) is 1. The Balaban J connectivity index is 2.23. The summed E-state index contributed by atoms with van der Waals surface area (Å²) >= 11 is 17.5. The van der Waals surface area contributed by atoms with Gasteiger partial charge in [0.25, 0.3) is 0 Å². The van der Waals surface area contributed by atoms with Gasteiger partial charge < -0.3 is 5.73 Å². The number of nitrogens with two attached hydrogens (primary N) is 1. The van der Waals surface area contributed by atoms with Crippen LogP contribution in [0.2, 0.25) is 15.1 Å². The summed E-state index contributed by atoms with van der Waals surface area (Å²) in [6, 6.07) is 9.51. The predicted molar refractivity (Wildman–Crippen MR) is 86.4 cm³/mol. The highest BCUT2D eigenvalue weighted by Crippen LogP contribution is 2.33. The van der Waals surface area contributed by atoms with E-state index in [0.29, 0.717) is 5.02 Å². The van der Waals surface area contributed by atoms with Gasteiger partial charge in [0.2, 0.25) is 10.0 Å². The molecule has 3 N–H and O–H groups in total. The Morgan fingerprint density at radius 2 is 1.62 bits per heavy atom. The third-order valence-corrected chi connectivity index (χ3v) is 5.30. The van der Waals surface area contributed by atoms with E-state index in [1.807, 2.05) is 0 Å². The van der Waals surface area contributed by atoms with Crippen molar-refractivity contribution in [3.8, 4) is 0 Å². The summed E-state index contributed by atoms with van der Waals surface area (Å²) in [6.45, 7) is 0.109. The second-order valence-corrected chi connectivity index (χ2v) is 7.18. The van der Waals surface area contributed by atoms with Crippen molar-refractivity contribution in [2.75, 3.05) is 5.73 Å². The smallest absolute Gasteiger partial charge is 0.242 e. The Morgan fingerprint density at radius 3 is 2.24 bits per heavy atom. The van der Waals surface area contributed by atoms with Gasteiger partial charge in [0.05, 0.1) is 15.7 Å². The number of halogens is 3. The molecule has 2 rings (SSSR count). The fraction of sp³-hybridized carbons (Fsp3) is 0.0769. The number of benzene rings is 2. The summed E-state index contributed by atoms with van der Waals surface area (Å²) in [6.07, 6.45) is 0. The molecule has 0 fully saturated rings. The molecule has 0 heterocycles. The van der Waals surface area contributed by atoms with Gasteiger partial charge in [-0.1, -0.05) is 46.9 Å². The van der Waals surface area contributed by atoms with Crippen molar-refractivity contribution in [3.63, 3.8) is 0 Å². The van der Waals surface area contributed by atoms with Gasteiger partial charge in [0.15, 0.2) is 0 Å². The summed E-state index contributed by atoms with van der Waals surface area (Å²) in [5, 5.41) is 0.692. The Hall–Kier alpha value is -0.980. The minimum absolute atomic E-state index is 0.0349. The van der Waals surface area contributed by atoms with Gasteiger partial charge in [-0.15, -0.1) is 0 Å². The molecule has 0 spiro atoms. The van der Waals surface area contributed by atoms with Gasteiger partial charge in [-0.2, -0.15) is 0 Å². The van der Waals surface area contributed by atoms with Crippen LogP contribution in [0.25, 0.3) is 0 Å². The molecule has 0 amide bonds. The molecule has 0 saturated carbocycles. The molecule has 21 heavy (non-hydrogen) atoms. The monoisotopic (exact) mass is 364 g/mol. The van der Waals surface area contributed by atoms with E-state index in [1.165, 1.54) is 12.1 Å². The van der Waals surface area contributed by atoms with E-state index >= 15 is 0 Å². The van der Waals surface area contributed by atoms with E-state index in [2.05, 4.69) is 4.72 Å². The predicted octanol–water partition coefficient (Wildman–Crippen LogP) is 3.71. The lowest BCUT2D eigenvalue weighted by molar-refractivity contribution is 0.581. The van der Waals surface area contributed by atoms with E-state index in [4.69, 9.17) is 40.5 Å². The first-order chi connectivity index (χ1) is 9.81. The number of hydrogen-bond donors (Lipinski definition) is 2. The minimum atomic E-state index is -3.79. The minimum Gasteiger partial charge on any atom is -0.396 e. The van der Waals surface area contributed by atoms with Crippen molar-refractivity contribution < 1.29 is 8.42 Å². The van der Waals surface area contributed by atoms with Crippen LogP contribution in [0, 0.1) is 0 Å². The highest BCUT2D eigenvalue weighted by molar-refractivity contribution is 7.89. The molecule has 0 atom stereocenters. The van der Waals surface area contributed by atoms with Crippen molar-refractivity contribution in [1.82, 2.24) is 4.72 Å². The van der Waals surface area contributed by atoms with Crippen LogP contribution in [-0.4, -0.2) is 8.42 Å². The largest absolute Gasteiger partial charge is 0.396 e. The third-order valence-electron chi connectivity index (χ3n) is 2.76. The maximum Gasteiger partial charge on any atom is 0.242 e. The fourth-order valence-electron chi connectivity index (χ4n) is 1.62. The summed E-state index contributed by atoms with van der Waals surface area (Å²) in [4.78, 5) is -0.111. The van der Waals surface area contributed by atoms with Gasteiger partial charge in [-0.3, -0.25) is 0 Å². The van der Waals surface area contributed by atoms with Crippen molar-refractivity contribution in [2.24, 2.45) is 0 Å². The normalized spacial score (nSPS) is 11.6. The summed E-state index contributed by atoms with van der Waals surface area (Å²) in [5.41, 5.74) is 6.43. The molecule has 8 heteroatoms. The first-order valence-electron chi connectivity index (χ1n) is 5.79. The molecule has 0 unspecified atom stereocenters. The van der Waals surface area contributed by atoms with Gasteiger partial charge in [0, 0.05) is 11.6 Å². The second kappa shape index (κ2) is 6.42. The molecular formula is C13H11Cl3N2O2S. The molecular weight excluding hydrogens is 355 g/mol. The second-order valence-electron chi connectivity index (χ2n) is 4.22. The highest BCUT2D eigenvalue weighted by Gasteiger charge is 2.20. The van der Waals surface area contributed by atoms with E-state index in [0.717, 1.165) is 5.56 Å². The molecule has 0 saturated heterocycles. The van der Waals surface area contributed by atoms with Crippen LogP contribution < -0.4 is 10.5 Å². The average molecular weight is 366 g/mol. The van der Waals surface area contributed by atoms with Crippen LogP contribution in [0.4, 0.5) is 5.69 Å². The molecule has 0 aliphatic carbocycles. The maximum atomic E-state index is 12.2.